The van der Waals surface area contributed by atoms with Crippen molar-refractivity contribution in [3.8, 4) is 5.75 Å². The van der Waals surface area contributed by atoms with Gasteiger partial charge in [0.15, 0.2) is 0 Å². The van der Waals surface area contributed by atoms with Crippen LogP contribution in [0.1, 0.15) is 20.3 Å². The molecule has 0 fully saturated rings. The molecular formula is C21H28ClN3O6S2. The highest BCUT2D eigenvalue weighted by Crippen LogP contribution is 2.33. The number of carbonyl (C=O) groups is 1. The molecule has 0 bridgehead atoms. The topological polar surface area (TPSA) is 113 Å². The molecule has 0 radical (unpaired) electrons. The SMILES string of the molecule is CCN(CC)C(=O)CCNS(=O)(=O)c1ccc(OC)c(N(C)S(=O)(=O)c2ccc(Cl)cc2)c1. The molecule has 0 aliphatic heterocycles. The number of carbonyl (C=O) groups excluding carboxylic acids is 1. The maximum atomic E-state index is 13.1. The standard InChI is InChI=1S/C21H28ClN3O6S2/c1-5-25(6-2)21(26)13-14-23-32(27,28)18-11-12-20(31-4)19(15-18)24(3)33(29,30)17-9-7-16(22)8-10-17/h7-12,15,23H,5-6,13-14H2,1-4H3. The first-order valence-corrected chi connectivity index (χ1v) is 13.5. The highest BCUT2D eigenvalue weighted by atomic mass is 35.5. The van der Waals surface area contributed by atoms with Crippen LogP contribution in [-0.2, 0) is 24.8 Å². The molecule has 12 heteroatoms. The zero-order valence-corrected chi connectivity index (χ0v) is 21.3. The van der Waals surface area contributed by atoms with Crippen molar-refractivity contribution in [3.05, 3.63) is 47.5 Å². The zero-order valence-electron chi connectivity index (χ0n) is 18.9. The number of halogens is 1. The summed E-state index contributed by atoms with van der Waals surface area (Å²) in [5, 5.41) is 0.382. The molecule has 1 amide bonds. The summed E-state index contributed by atoms with van der Waals surface area (Å²) in [4.78, 5) is 13.5. The predicted molar refractivity (Wildman–Crippen MR) is 128 cm³/mol. The van der Waals surface area contributed by atoms with Crippen LogP contribution < -0.4 is 13.8 Å². The van der Waals surface area contributed by atoms with Crippen molar-refractivity contribution in [1.29, 1.82) is 0 Å². The number of anilines is 1. The van der Waals surface area contributed by atoms with Crippen LogP contribution in [0.25, 0.3) is 0 Å². The van der Waals surface area contributed by atoms with Crippen molar-refractivity contribution in [3.63, 3.8) is 0 Å². The van der Waals surface area contributed by atoms with Crippen molar-refractivity contribution in [2.24, 2.45) is 0 Å². The lowest BCUT2D eigenvalue weighted by molar-refractivity contribution is -0.130. The van der Waals surface area contributed by atoms with Crippen LogP contribution in [0, 0.1) is 0 Å². The minimum absolute atomic E-state index is 0.00870. The molecule has 0 atom stereocenters. The number of rotatable bonds is 11. The van der Waals surface area contributed by atoms with Gasteiger partial charge in [0.1, 0.15) is 5.75 Å². The summed E-state index contributed by atoms with van der Waals surface area (Å²) in [7, 11) is -5.37. The van der Waals surface area contributed by atoms with Crippen molar-refractivity contribution in [2.45, 2.75) is 30.1 Å². The second kappa shape index (κ2) is 11.2. The van der Waals surface area contributed by atoms with Gasteiger partial charge < -0.3 is 9.64 Å². The van der Waals surface area contributed by atoms with Gasteiger partial charge in [0.2, 0.25) is 15.9 Å². The molecule has 182 valence electrons. The predicted octanol–water partition coefficient (Wildman–Crippen LogP) is 2.71. The minimum atomic E-state index is -4.02. The largest absolute Gasteiger partial charge is 0.495 e. The normalized spacial score (nSPS) is 11.8. The summed E-state index contributed by atoms with van der Waals surface area (Å²) in [6, 6.07) is 9.50. The first-order chi connectivity index (χ1) is 15.5. The van der Waals surface area contributed by atoms with Crippen LogP contribution in [0.3, 0.4) is 0 Å². The molecule has 0 aliphatic carbocycles. The Kier molecular flexibility index (Phi) is 9.12. The number of hydrogen-bond donors (Lipinski definition) is 1. The summed E-state index contributed by atoms with van der Waals surface area (Å²) >= 11 is 5.85. The number of nitrogens with one attached hydrogen (secondary N) is 1. The van der Waals surface area contributed by atoms with E-state index < -0.39 is 20.0 Å². The number of nitrogens with zero attached hydrogens (tertiary/aromatic N) is 2. The van der Waals surface area contributed by atoms with Crippen molar-refractivity contribution in [2.75, 3.05) is 38.1 Å². The van der Waals surface area contributed by atoms with E-state index in [0.29, 0.717) is 18.1 Å². The number of amides is 1. The summed E-state index contributed by atoms with van der Waals surface area (Å²) in [5.41, 5.74) is 0.0366. The highest BCUT2D eigenvalue weighted by Gasteiger charge is 2.26. The van der Waals surface area contributed by atoms with E-state index in [1.54, 1.807) is 4.90 Å². The molecule has 9 nitrogen and oxygen atoms in total. The maximum Gasteiger partial charge on any atom is 0.264 e. The fourth-order valence-corrected chi connectivity index (χ4v) is 5.46. The fourth-order valence-electron chi connectivity index (χ4n) is 3.09. The van der Waals surface area contributed by atoms with E-state index in [-0.39, 0.29) is 40.1 Å². The van der Waals surface area contributed by atoms with Crippen LogP contribution in [0.2, 0.25) is 5.02 Å². The molecule has 2 rings (SSSR count). The molecule has 33 heavy (non-hydrogen) atoms. The van der Waals surface area contributed by atoms with Gasteiger partial charge >= 0.3 is 0 Å². The first kappa shape index (κ1) is 26.9. The van der Waals surface area contributed by atoms with Crippen molar-refractivity contribution in [1.82, 2.24) is 9.62 Å². The van der Waals surface area contributed by atoms with Gasteiger partial charge in [-0.2, -0.15) is 0 Å². The summed E-state index contributed by atoms with van der Waals surface area (Å²) in [6.07, 6.45) is 0.00870. The first-order valence-electron chi connectivity index (χ1n) is 10.2. The molecule has 0 saturated carbocycles. The number of benzene rings is 2. The van der Waals surface area contributed by atoms with E-state index in [0.717, 1.165) is 4.31 Å². The fraction of sp³-hybridized carbons (Fsp3) is 0.381. The molecule has 2 aromatic carbocycles. The Morgan fingerprint density at radius 1 is 1.00 bits per heavy atom. The van der Waals surface area contributed by atoms with E-state index in [9.17, 15) is 21.6 Å². The second-order valence-electron chi connectivity index (χ2n) is 6.97. The van der Waals surface area contributed by atoms with Gasteiger partial charge in [0, 0.05) is 38.1 Å². The number of hydrogen-bond acceptors (Lipinski definition) is 6. The van der Waals surface area contributed by atoms with Gasteiger partial charge in [0.05, 0.1) is 22.6 Å². The van der Waals surface area contributed by atoms with Crippen LogP contribution in [0.4, 0.5) is 5.69 Å². The Labute approximate surface area is 200 Å². The van der Waals surface area contributed by atoms with Gasteiger partial charge in [-0.3, -0.25) is 9.10 Å². The molecule has 2 aromatic rings. The summed E-state index contributed by atoms with van der Waals surface area (Å²) in [5.74, 6) is 0.0117. The lowest BCUT2D eigenvalue weighted by Gasteiger charge is -2.22. The average molecular weight is 518 g/mol. The minimum Gasteiger partial charge on any atom is -0.495 e. The number of methoxy groups -OCH3 is 1. The Balaban J connectivity index is 2.31. The summed E-state index contributed by atoms with van der Waals surface area (Å²) < 4.78 is 60.3. The maximum absolute atomic E-state index is 13.1. The Bertz CT molecular complexity index is 1180. The Hall–Kier alpha value is -2.34. The van der Waals surface area contributed by atoms with Crippen molar-refractivity contribution >= 4 is 43.2 Å². The third kappa shape index (κ3) is 6.38. The highest BCUT2D eigenvalue weighted by molar-refractivity contribution is 7.92. The molecule has 0 aromatic heterocycles. The van der Waals surface area contributed by atoms with Crippen LogP contribution in [0.5, 0.6) is 5.75 Å². The molecule has 0 saturated heterocycles. The number of ether oxygens (including phenoxy) is 1. The van der Waals surface area contributed by atoms with Gasteiger partial charge in [-0.1, -0.05) is 11.6 Å². The average Bonchev–Trinajstić information content (AvgIpc) is 2.79. The van der Waals surface area contributed by atoms with E-state index in [4.69, 9.17) is 16.3 Å². The van der Waals surface area contributed by atoms with Crippen LogP contribution in [-0.4, -0.2) is 61.4 Å². The third-order valence-corrected chi connectivity index (χ3v) is 8.52. The van der Waals surface area contributed by atoms with E-state index in [1.165, 1.54) is 56.6 Å². The number of sulfonamides is 2. The van der Waals surface area contributed by atoms with E-state index in [1.807, 2.05) is 13.8 Å². The van der Waals surface area contributed by atoms with E-state index >= 15 is 0 Å². The molecule has 0 aliphatic rings. The van der Waals surface area contributed by atoms with Gasteiger partial charge in [-0.05, 0) is 56.3 Å². The smallest absolute Gasteiger partial charge is 0.264 e. The molecule has 0 unspecified atom stereocenters. The monoisotopic (exact) mass is 517 g/mol. The van der Waals surface area contributed by atoms with E-state index in [2.05, 4.69) is 4.72 Å². The Morgan fingerprint density at radius 3 is 2.12 bits per heavy atom. The lowest BCUT2D eigenvalue weighted by atomic mass is 10.3. The van der Waals surface area contributed by atoms with Crippen LogP contribution >= 0.6 is 11.6 Å². The zero-order chi connectivity index (χ0) is 24.8. The quantitative estimate of drug-likeness (QED) is 0.490. The van der Waals surface area contributed by atoms with Crippen molar-refractivity contribution < 1.29 is 26.4 Å². The molecular weight excluding hydrogens is 490 g/mol. The summed E-state index contributed by atoms with van der Waals surface area (Å²) in [6.45, 7) is 4.69. The van der Waals surface area contributed by atoms with Crippen LogP contribution in [0.15, 0.2) is 52.3 Å². The third-order valence-electron chi connectivity index (χ3n) is 5.02. The molecule has 0 heterocycles. The Morgan fingerprint density at radius 2 is 1.58 bits per heavy atom. The van der Waals surface area contributed by atoms with Gasteiger partial charge in [0.25, 0.3) is 10.0 Å². The lowest BCUT2D eigenvalue weighted by Crippen LogP contribution is -2.34. The van der Waals surface area contributed by atoms with Gasteiger partial charge in [-0.15, -0.1) is 0 Å². The second-order valence-corrected chi connectivity index (χ2v) is 11.1. The molecule has 1 N–H and O–H groups in total. The molecule has 0 spiro atoms. The van der Waals surface area contributed by atoms with Gasteiger partial charge in [-0.25, -0.2) is 21.6 Å².